The largest absolute Gasteiger partial charge is 0.490 e. The molecule has 0 saturated heterocycles. The first-order valence-corrected chi connectivity index (χ1v) is 6.33. The second-order valence-corrected chi connectivity index (χ2v) is 4.59. The zero-order chi connectivity index (χ0) is 11.4. The van der Waals surface area contributed by atoms with Crippen LogP contribution in [0.15, 0.2) is 30.3 Å². The average Bonchev–Trinajstić information content (AvgIpc) is 3.10. The van der Waals surface area contributed by atoms with Crippen molar-refractivity contribution < 1.29 is 4.74 Å². The van der Waals surface area contributed by atoms with E-state index in [2.05, 4.69) is 25.1 Å². The Morgan fingerprint density at radius 2 is 2.31 bits per heavy atom. The number of benzene rings is 1. The van der Waals surface area contributed by atoms with Crippen LogP contribution in [0.5, 0.6) is 5.75 Å². The fourth-order valence-corrected chi connectivity index (χ4v) is 1.69. The monoisotopic (exact) mass is 236 g/mol. The summed E-state index contributed by atoms with van der Waals surface area (Å²) >= 11 is 5.67. The summed E-state index contributed by atoms with van der Waals surface area (Å²) < 4.78 is 5.77. The fourth-order valence-electron chi connectivity index (χ4n) is 1.58. The van der Waals surface area contributed by atoms with E-state index in [1.807, 2.05) is 12.1 Å². The van der Waals surface area contributed by atoms with Crippen LogP contribution in [0.2, 0.25) is 0 Å². The number of halogens is 1. The predicted octanol–water partition coefficient (Wildman–Crippen LogP) is 4.26. The highest BCUT2D eigenvalue weighted by atomic mass is 35.5. The van der Waals surface area contributed by atoms with E-state index in [-0.39, 0.29) is 0 Å². The van der Waals surface area contributed by atoms with Crippen LogP contribution in [-0.4, -0.2) is 12.0 Å². The third-order valence-corrected chi connectivity index (χ3v) is 2.89. The van der Waals surface area contributed by atoms with E-state index in [0.29, 0.717) is 12.0 Å². The van der Waals surface area contributed by atoms with E-state index in [0.717, 1.165) is 12.2 Å². The van der Waals surface area contributed by atoms with Crippen LogP contribution in [0.4, 0.5) is 0 Å². The van der Waals surface area contributed by atoms with Crippen LogP contribution in [-0.2, 0) is 0 Å². The summed E-state index contributed by atoms with van der Waals surface area (Å²) in [7, 11) is 0. The molecule has 1 aromatic rings. The van der Waals surface area contributed by atoms with E-state index in [1.54, 1.807) is 0 Å². The molecule has 1 aromatic carbocycles. The molecule has 16 heavy (non-hydrogen) atoms. The molecule has 0 spiro atoms. The van der Waals surface area contributed by atoms with Crippen molar-refractivity contribution in [3.63, 3.8) is 0 Å². The summed E-state index contributed by atoms with van der Waals surface area (Å²) in [5.41, 5.74) is 2.49. The minimum absolute atomic E-state index is 0.461. The molecule has 1 fully saturated rings. The summed E-state index contributed by atoms with van der Waals surface area (Å²) in [6.07, 6.45) is 5.95. The number of alkyl halides is 1. The van der Waals surface area contributed by atoms with Gasteiger partial charge in [-0.3, -0.25) is 0 Å². The Kier molecular flexibility index (Phi) is 3.89. The van der Waals surface area contributed by atoms with Crippen LogP contribution in [0.3, 0.4) is 0 Å². The number of ether oxygens (including phenoxy) is 1. The van der Waals surface area contributed by atoms with E-state index in [4.69, 9.17) is 16.3 Å². The van der Waals surface area contributed by atoms with Gasteiger partial charge < -0.3 is 4.74 Å². The van der Waals surface area contributed by atoms with Crippen molar-refractivity contribution in [3.05, 3.63) is 35.9 Å². The van der Waals surface area contributed by atoms with Gasteiger partial charge in [-0.15, -0.1) is 11.6 Å². The molecule has 2 rings (SSSR count). The van der Waals surface area contributed by atoms with Gasteiger partial charge in [0.1, 0.15) is 5.75 Å². The zero-order valence-electron chi connectivity index (χ0n) is 9.58. The van der Waals surface area contributed by atoms with Gasteiger partial charge in [-0.05, 0) is 49.5 Å². The lowest BCUT2D eigenvalue weighted by Crippen LogP contribution is -1.95. The molecule has 2 heteroatoms. The zero-order valence-corrected chi connectivity index (χ0v) is 10.3. The molecule has 0 N–H and O–H groups in total. The molecule has 0 heterocycles. The SMILES string of the molecule is C/C(=C/CCCl)c1cccc(OC2CC2)c1. The smallest absolute Gasteiger partial charge is 0.120 e. The van der Waals surface area contributed by atoms with Gasteiger partial charge in [0.25, 0.3) is 0 Å². The van der Waals surface area contributed by atoms with Gasteiger partial charge in [-0.25, -0.2) is 0 Å². The van der Waals surface area contributed by atoms with Crippen LogP contribution >= 0.6 is 11.6 Å². The van der Waals surface area contributed by atoms with Crippen LogP contribution in [0.25, 0.3) is 5.57 Å². The molecule has 0 unspecified atom stereocenters. The Bertz CT molecular complexity index is 380. The van der Waals surface area contributed by atoms with Gasteiger partial charge in [0, 0.05) is 5.88 Å². The third kappa shape index (κ3) is 3.28. The Labute approximate surface area is 102 Å². The van der Waals surface area contributed by atoms with Gasteiger partial charge in [-0.1, -0.05) is 18.2 Å². The molecule has 0 bridgehead atoms. The van der Waals surface area contributed by atoms with Crippen LogP contribution in [0, 0.1) is 0 Å². The molecule has 0 atom stereocenters. The molecular weight excluding hydrogens is 220 g/mol. The molecule has 1 aliphatic rings. The lowest BCUT2D eigenvalue weighted by molar-refractivity contribution is 0.303. The van der Waals surface area contributed by atoms with Gasteiger partial charge in [0.15, 0.2) is 0 Å². The standard InChI is InChI=1S/C14H17ClO/c1-11(4-3-9-15)12-5-2-6-14(10-12)16-13-7-8-13/h2,4-6,10,13H,3,7-9H2,1H3/b11-4-. The molecule has 1 saturated carbocycles. The highest BCUT2D eigenvalue weighted by Crippen LogP contribution is 2.28. The molecule has 0 aromatic heterocycles. The lowest BCUT2D eigenvalue weighted by Gasteiger charge is -2.07. The molecule has 1 nitrogen and oxygen atoms in total. The quantitative estimate of drug-likeness (QED) is 0.694. The number of hydrogen-bond acceptors (Lipinski definition) is 1. The Balaban J connectivity index is 2.07. The molecule has 0 amide bonds. The van der Waals surface area contributed by atoms with Gasteiger partial charge in [0.2, 0.25) is 0 Å². The predicted molar refractivity (Wildman–Crippen MR) is 69.1 cm³/mol. The molecule has 0 radical (unpaired) electrons. The Hall–Kier alpha value is -0.950. The van der Waals surface area contributed by atoms with E-state index in [1.165, 1.54) is 24.0 Å². The van der Waals surface area contributed by atoms with Gasteiger partial charge in [-0.2, -0.15) is 0 Å². The normalized spacial score (nSPS) is 16.2. The minimum Gasteiger partial charge on any atom is -0.490 e. The van der Waals surface area contributed by atoms with Crippen LogP contribution < -0.4 is 4.74 Å². The Morgan fingerprint density at radius 1 is 1.50 bits per heavy atom. The highest BCUT2D eigenvalue weighted by Gasteiger charge is 2.23. The van der Waals surface area contributed by atoms with Crippen molar-refractivity contribution in [1.82, 2.24) is 0 Å². The minimum atomic E-state index is 0.461. The number of hydrogen-bond donors (Lipinski definition) is 0. The van der Waals surface area contributed by atoms with Crippen molar-refractivity contribution in [2.24, 2.45) is 0 Å². The number of rotatable bonds is 5. The van der Waals surface area contributed by atoms with Gasteiger partial charge >= 0.3 is 0 Å². The van der Waals surface area contributed by atoms with E-state index in [9.17, 15) is 0 Å². The van der Waals surface area contributed by atoms with Gasteiger partial charge in [0.05, 0.1) is 6.10 Å². The first-order chi connectivity index (χ1) is 7.79. The first-order valence-electron chi connectivity index (χ1n) is 5.79. The topological polar surface area (TPSA) is 9.23 Å². The second kappa shape index (κ2) is 5.40. The molecule has 0 aliphatic heterocycles. The van der Waals surface area contributed by atoms with Crippen LogP contribution in [0.1, 0.15) is 31.7 Å². The van der Waals surface area contributed by atoms with Crippen molar-refractivity contribution >= 4 is 17.2 Å². The fraction of sp³-hybridized carbons (Fsp3) is 0.429. The van der Waals surface area contributed by atoms with Crippen molar-refractivity contribution in [2.45, 2.75) is 32.3 Å². The number of allylic oxidation sites excluding steroid dienone is 2. The first kappa shape index (κ1) is 11.5. The second-order valence-electron chi connectivity index (χ2n) is 4.21. The Morgan fingerprint density at radius 3 is 3.00 bits per heavy atom. The lowest BCUT2D eigenvalue weighted by atomic mass is 10.1. The summed E-state index contributed by atoms with van der Waals surface area (Å²) in [5, 5.41) is 0. The van der Waals surface area contributed by atoms with E-state index >= 15 is 0 Å². The molecular formula is C14H17ClO. The maximum Gasteiger partial charge on any atom is 0.120 e. The molecule has 86 valence electrons. The summed E-state index contributed by atoms with van der Waals surface area (Å²) in [6, 6.07) is 8.29. The maximum absolute atomic E-state index is 5.77. The summed E-state index contributed by atoms with van der Waals surface area (Å²) in [5.74, 6) is 1.66. The highest BCUT2D eigenvalue weighted by molar-refractivity contribution is 6.17. The third-order valence-electron chi connectivity index (χ3n) is 2.68. The molecule has 1 aliphatic carbocycles. The maximum atomic E-state index is 5.77. The summed E-state index contributed by atoms with van der Waals surface area (Å²) in [6.45, 7) is 2.11. The average molecular weight is 237 g/mol. The van der Waals surface area contributed by atoms with Crippen molar-refractivity contribution in [3.8, 4) is 5.75 Å². The van der Waals surface area contributed by atoms with Crippen molar-refractivity contribution in [1.29, 1.82) is 0 Å². The van der Waals surface area contributed by atoms with Crippen molar-refractivity contribution in [2.75, 3.05) is 5.88 Å². The summed E-state index contributed by atoms with van der Waals surface area (Å²) in [4.78, 5) is 0. The van der Waals surface area contributed by atoms with E-state index < -0.39 is 0 Å².